The highest BCUT2D eigenvalue weighted by molar-refractivity contribution is 4.89. The predicted molar refractivity (Wildman–Crippen MR) is 56.7 cm³/mol. The van der Waals surface area contributed by atoms with E-state index in [2.05, 4.69) is 5.32 Å². The van der Waals surface area contributed by atoms with Crippen molar-refractivity contribution in [3.05, 3.63) is 0 Å². The van der Waals surface area contributed by atoms with Gasteiger partial charge in [-0.1, -0.05) is 27.7 Å². The summed E-state index contributed by atoms with van der Waals surface area (Å²) in [7, 11) is 0. The maximum absolute atomic E-state index is 12.7. The van der Waals surface area contributed by atoms with Crippen LogP contribution in [0.3, 0.4) is 0 Å². The number of hydrogen-bond acceptors (Lipinski definition) is 1. The number of nitrogens with one attached hydrogen (secondary N) is 1. The minimum absolute atomic E-state index is 0.154. The molecule has 1 N–H and O–H groups in total. The van der Waals surface area contributed by atoms with Gasteiger partial charge >= 0.3 is 6.18 Å². The highest BCUT2D eigenvalue weighted by Crippen LogP contribution is 2.29. The van der Waals surface area contributed by atoms with E-state index in [1.807, 2.05) is 13.8 Å². The van der Waals surface area contributed by atoms with Gasteiger partial charge in [0.15, 0.2) is 0 Å². The molecule has 0 bridgehead atoms. The number of rotatable bonds is 4. The Hall–Kier alpha value is -0.250. The summed E-state index contributed by atoms with van der Waals surface area (Å²) in [5, 5.41) is 2.71. The average Bonchev–Trinajstić information content (AvgIpc) is 1.97. The van der Waals surface area contributed by atoms with Crippen LogP contribution in [0.1, 0.15) is 41.5 Å². The molecule has 1 nitrogen and oxygen atoms in total. The van der Waals surface area contributed by atoms with E-state index in [0.717, 1.165) is 0 Å². The molecule has 0 unspecified atom stereocenters. The van der Waals surface area contributed by atoms with Crippen LogP contribution in [0.15, 0.2) is 0 Å². The summed E-state index contributed by atoms with van der Waals surface area (Å²) in [4.78, 5) is 0. The third kappa shape index (κ3) is 4.41. The third-order valence-electron chi connectivity index (χ3n) is 2.99. The Bertz CT molecular complexity index is 194. The van der Waals surface area contributed by atoms with Gasteiger partial charge in [0.05, 0.1) is 0 Å². The largest absolute Gasteiger partial charge is 0.404 e. The zero-order valence-corrected chi connectivity index (χ0v) is 10.4. The standard InChI is InChI=1S/C11H22F3N/c1-7(2)9(11(12,13)14)15-10(5,6)8(3)4/h7-9,15H,1-6H3/t9-/m1/s1. The topological polar surface area (TPSA) is 12.0 Å². The summed E-state index contributed by atoms with van der Waals surface area (Å²) in [5.74, 6) is -0.302. The van der Waals surface area contributed by atoms with Crippen LogP contribution in [-0.2, 0) is 0 Å². The molecule has 0 aliphatic carbocycles. The van der Waals surface area contributed by atoms with Crippen molar-refractivity contribution in [3.63, 3.8) is 0 Å². The number of alkyl halides is 3. The summed E-state index contributed by atoms with van der Waals surface area (Å²) in [6.45, 7) is 10.6. The van der Waals surface area contributed by atoms with Gasteiger partial charge in [0.2, 0.25) is 0 Å². The molecule has 0 saturated carbocycles. The van der Waals surface area contributed by atoms with E-state index in [1.165, 1.54) is 0 Å². The molecule has 0 rings (SSSR count). The first-order valence-electron chi connectivity index (χ1n) is 5.33. The molecular weight excluding hydrogens is 203 g/mol. The van der Waals surface area contributed by atoms with Crippen molar-refractivity contribution in [2.75, 3.05) is 0 Å². The normalized spacial score (nSPS) is 16.2. The van der Waals surface area contributed by atoms with Crippen molar-refractivity contribution in [2.45, 2.75) is 59.3 Å². The van der Waals surface area contributed by atoms with Crippen LogP contribution in [0.4, 0.5) is 13.2 Å². The highest BCUT2D eigenvalue weighted by atomic mass is 19.4. The van der Waals surface area contributed by atoms with Crippen molar-refractivity contribution in [1.29, 1.82) is 0 Å². The van der Waals surface area contributed by atoms with Crippen molar-refractivity contribution < 1.29 is 13.2 Å². The van der Waals surface area contributed by atoms with Crippen LogP contribution in [0, 0.1) is 11.8 Å². The van der Waals surface area contributed by atoms with Gasteiger partial charge in [-0.3, -0.25) is 0 Å². The molecule has 0 amide bonds. The van der Waals surface area contributed by atoms with Crippen LogP contribution < -0.4 is 5.32 Å². The molecular formula is C11H22F3N. The summed E-state index contributed by atoms with van der Waals surface area (Å²) in [5.41, 5.74) is -0.509. The van der Waals surface area contributed by atoms with E-state index in [4.69, 9.17) is 0 Å². The van der Waals surface area contributed by atoms with Crippen LogP contribution in [0.25, 0.3) is 0 Å². The van der Waals surface area contributed by atoms with Crippen molar-refractivity contribution in [1.82, 2.24) is 5.32 Å². The lowest BCUT2D eigenvalue weighted by Crippen LogP contribution is -2.57. The Morgan fingerprint density at radius 3 is 1.53 bits per heavy atom. The SMILES string of the molecule is CC(C)[C@@H](NC(C)(C)C(C)C)C(F)(F)F. The highest BCUT2D eigenvalue weighted by Gasteiger charge is 2.44. The fraction of sp³-hybridized carbons (Fsp3) is 1.00. The Kier molecular flexibility index (Phi) is 4.65. The summed E-state index contributed by atoms with van der Waals surface area (Å²) in [6.07, 6.45) is -4.18. The third-order valence-corrected chi connectivity index (χ3v) is 2.99. The maximum Gasteiger partial charge on any atom is 0.404 e. The van der Waals surface area contributed by atoms with Gasteiger partial charge in [-0.2, -0.15) is 13.2 Å². The molecule has 15 heavy (non-hydrogen) atoms. The summed E-state index contributed by atoms with van der Waals surface area (Å²) < 4.78 is 38.1. The number of halogens is 3. The Balaban J connectivity index is 4.71. The van der Waals surface area contributed by atoms with Crippen molar-refractivity contribution >= 4 is 0 Å². The quantitative estimate of drug-likeness (QED) is 0.771. The molecule has 0 saturated heterocycles. The van der Waals surface area contributed by atoms with Gasteiger partial charge in [-0.05, 0) is 25.7 Å². The minimum atomic E-state index is -4.18. The maximum atomic E-state index is 12.7. The lowest BCUT2D eigenvalue weighted by atomic mass is 9.88. The van der Waals surface area contributed by atoms with E-state index in [9.17, 15) is 13.2 Å². The summed E-state index contributed by atoms with van der Waals surface area (Å²) in [6, 6.07) is -1.44. The molecule has 0 aromatic heterocycles. The van der Waals surface area contributed by atoms with E-state index in [-0.39, 0.29) is 5.92 Å². The monoisotopic (exact) mass is 225 g/mol. The molecule has 0 aromatic carbocycles. The van der Waals surface area contributed by atoms with Gasteiger partial charge in [0, 0.05) is 5.54 Å². The van der Waals surface area contributed by atoms with Crippen LogP contribution in [0.5, 0.6) is 0 Å². The first kappa shape index (κ1) is 14.8. The fourth-order valence-corrected chi connectivity index (χ4v) is 1.19. The lowest BCUT2D eigenvalue weighted by molar-refractivity contribution is -0.171. The Labute approximate surface area is 90.4 Å². The molecule has 0 fully saturated rings. The Morgan fingerprint density at radius 1 is 0.933 bits per heavy atom. The van der Waals surface area contributed by atoms with Gasteiger partial charge in [-0.15, -0.1) is 0 Å². The van der Waals surface area contributed by atoms with Crippen LogP contribution in [0.2, 0.25) is 0 Å². The zero-order valence-electron chi connectivity index (χ0n) is 10.4. The Morgan fingerprint density at radius 2 is 1.33 bits per heavy atom. The number of hydrogen-bond donors (Lipinski definition) is 1. The van der Waals surface area contributed by atoms with E-state index < -0.39 is 23.7 Å². The molecule has 0 heterocycles. The van der Waals surface area contributed by atoms with E-state index in [0.29, 0.717) is 0 Å². The molecule has 0 radical (unpaired) electrons. The second kappa shape index (κ2) is 4.73. The smallest absolute Gasteiger partial charge is 0.301 e. The molecule has 92 valence electrons. The van der Waals surface area contributed by atoms with Crippen LogP contribution >= 0.6 is 0 Å². The van der Waals surface area contributed by atoms with Crippen molar-refractivity contribution in [3.8, 4) is 0 Å². The second-order valence-corrected chi connectivity index (χ2v) is 5.28. The first-order valence-corrected chi connectivity index (χ1v) is 5.33. The predicted octanol–water partition coefficient (Wildman–Crippen LogP) is 3.60. The minimum Gasteiger partial charge on any atom is -0.301 e. The van der Waals surface area contributed by atoms with Crippen molar-refractivity contribution in [2.24, 2.45) is 11.8 Å². The van der Waals surface area contributed by atoms with Gasteiger partial charge in [0.25, 0.3) is 0 Å². The van der Waals surface area contributed by atoms with E-state index in [1.54, 1.807) is 27.7 Å². The first-order chi connectivity index (χ1) is 6.48. The van der Waals surface area contributed by atoms with E-state index >= 15 is 0 Å². The molecule has 0 spiro atoms. The van der Waals surface area contributed by atoms with Gasteiger partial charge < -0.3 is 5.32 Å². The second-order valence-electron chi connectivity index (χ2n) is 5.28. The molecule has 0 aliphatic heterocycles. The lowest BCUT2D eigenvalue weighted by Gasteiger charge is -2.37. The molecule has 0 aliphatic rings. The fourth-order valence-electron chi connectivity index (χ4n) is 1.19. The average molecular weight is 225 g/mol. The molecule has 0 aromatic rings. The zero-order chi connectivity index (χ0) is 12.4. The van der Waals surface area contributed by atoms with Crippen LogP contribution in [-0.4, -0.2) is 17.8 Å². The molecule has 1 atom stereocenters. The molecule has 4 heteroatoms. The van der Waals surface area contributed by atoms with Gasteiger partial charge in [0.1, 0.15) is 6.04 Å². The summed E-state index contributed by atoms with van der Waals surface area (Å²) >= 11 is 0. The van der Waals surface area contributed by atoms with Gasteiger partial charge in [-0.25, -0.2) is 0 Å².